The molecule has 5 nitrogen and oxygen atoms in total. The maximum absolute atomic E-state index is 12.9. The molecule has 6 heteroatoms. The second-order valence-corrected chi connectivity index (χ2v) is 9.10. The zero-order valence-corrected chi connectivity index (χ0v) is 19.2. The summed E-state index contributed by atoms with van der Waals surface area (Å²) in [4.78, 5) is 15.1. The maximum Gasteiger partial charge on any atom is 0.192 e. The highest BCUT2D eigenvalue weighted by Gasteiger charge is 2.25. The summed E-state index contributed by atoms with van der Waals surface area (Å²) in [6, 6.07) is 18.2. The highest BCUT2D eigenvalue weighted by Crippen LogP contribution is 2.29. The molecule has 0 radical (unpaired) electrons. The first-order chi connectivity index (χ1) is 14.4. The van der Waals surface area contributed by atoms with Crippen LogP contribution < -0.4 is 0 Å². The van der Waals surface area contributed by atoms with Crippen molar-refractivity contribution in [2.45, 2.75) is 50.2 Å². The minimum Gasteiger partial charge on any atom is -0.300 e. The molecule has 0 bridgehead atoms. The van der Waals surface area contributed by atoms with Crippen LogP contribution in [0.5, 0.6) is 0 Å². The fraction of sp³-hybridized carbons (Fsp3) is 0.375. The van der Waals surface area contributed by atoms with E-state index in [9.17, 15) is 4.79 Å². The molecule has 30 heavy (non-hydrogen) atoms. The lowest BCUT2D eigenvalue weighted by molar-refractivity contribution is 0.0994. The molecular formula is C24H30N4OS. The topological polar surface area (TPSA) is 51.0 Å². The molecule has 0 aliphatic heterocycles. The lowest BCUT2D eigenvalue weighted by Gasteiger charge is -2.23. The lowest BCUT2D eigenvalue weighted by Crippen LogP contribution is -2.23. The van der Waals surface area contributed by atoms with Crippen molar-refractivity contribution in [2.24, 2.45) is 0 Å². The van der Waals surface area contributed by atoms with E-state index in [2.05, 4.69) is 52.8 Å². The molecule has 3 rings (SSSR count). The fourth-order valence-corrected chi connectivity index (χ4v) is 4.42. The summed E-state index contributed by atoms with van der Waals surface area (Å²) in [6.07, 6.45) is 0.933. The Morgan fingerprint density at radius 1 is 1.07 bits per heavy atom. The minimum atomic E-state index is -0.251. The standard InChI is InChI=1S/C24H30N4OS/c1-6-21(27(4)5)23-25-26-24(28(23)16-19-10-8-7-9-11-19)30-18(3)22(29)20-14-12-17(2)13-15-20/h7-15,18,21H,6,16H2,1-5H3. The summed E-state index contributed by atoms with van der Waals surface area (Å²) in [6.45, 7) is 6.80. The van der Waals surface area contributed by atoms with Crippen LogP contribution in [0.2, 0.25) is 0 Å². The molecule has 0 fully saturated rings. The first kappa shape index (κ1) is 22.2. The zero-order valence-electron chi connectivity index (χ0n) is 18.4. The summed E-state index contributed by atoms with van der Waals surface area (Å²) in [7, 11) is 4.12. The van der Waals surface area contributed by atoms with Crippen LogP contribution in [0.25, 0.3) is 0 Å². The molecule has 0 spiro atoms. The van der Waals surface area contributed by atoms with Gasteiger partial charge in [0.1, 0.15) is 0 Å². The number of rotatable bonds is 9. The Labute approximate surface area is 183 Å². The van der Waals surface area contributed by atoms with Crippen LogP contribution in [-0.4, -0.2) is 44.8 Å². The van der Waals surface area contributed by atoms with Gasteiger partial charge < -0.3 is 4.57 Å². The summed E-state index contributed by atoms with van der Waals surface area (Å²) in [5.41, 5.74) is 3.06. The average molecular weight is 423 g/mol. The van der Waals surface area contributed by atoms with Gasteiger partial charge in [-0.25, -0.2) is 0 Å². The van der Waals surface area contributed by atoms with Crippen molar-refractivity contribution in [3.63, 3.8) is 0 Å². The van der Waals surface area contributed by atoms with E-state index in [1.165, 1.54) is 17.3 Å². The maximum atomic E-state index is 12.9. The third-order valence-electron chi connectivity index (χ3n) is 5.22. The smallest absolute Gasteiger partial charge is 0.192 e. The van der Waals surface area contributed by atoms with Crippen molar-refractivity contribution in [1.29, 1.82) is 0 Å². The number of nitrogens with zero attached hydrogens (tertiary/aromatic N) is 4. The van der Waals surface area contributed by atoms with Crippen LogP contribution >= 0.6 is 11.8 Å². The molecule has 0 aliphatic rings. The van der Waals surface area contributed by atoms with Gasteiger partial charge in [0.05, 0.1) is 17.8 Å². The first-order valence-electron chi connectivity index (χ1n) is 10.3. The fourth-order valence-electron chi connectivity index (χ4n) is 3.49. The molecule has 1 aromatic heterocycles. The first-order valence-corrected chi connectivity index (χ1v) is 11.2. The van der Waals surface area contributed by atoms with E-state index in [1.54, 1.807) is 0 Å². The van der Waals surface area contributed by atoms with E-state index in [0.717, 1.165) is 28.5 Å². The Hall–Kier alpha value is -2.44. The van der Waals surface area contributed by atoms with Gasteiger partial charge in [0.15, 0.2) is 16.8 Å². The number of carbonyl (C=O) groups is 1. The summed E-state index contributed by atoms with van der Waals surface area (Å²) in [5, 5.41) is 9.56. The number of aromatic nitrogens is 3. The van der Waals surface area contributed by atoms with Crippen LogP contribution in [0.1, 0.15) is 53.6 Å². The van der Waals surface area contributed by atoms with E-state index in [1.807, 2.05) is 56.3 Å². The summed E-state index contributed by atoms with van der Waals surface area (Å²) >= 11 is 1.48. The molecule has 3 aromatic rings. The number of ketones is 1. The highest BCUT2D eigenvalue weighted by molar-refractivity contribution is 8.00. The Morgan fingerprint density at radius 3 is 2.33 bits per heavy atom. The Balaban J connectivity index is 1.90. The molecule has 0 saturated carbocycles. The molecular weight excluding hydrogens is 392 g/mol. The Bertz CT molecular complexity index is 967. The number of thioether (sulfide) groups is 1. The van der Waals surface area contributed by atoms with Crippen LogP contribution in [0.3, 0.4) is 0 Å². The summed E-state index contributed by atoms with van der Waals surface area (Å²) in [5.74, 6) is 1.04. The van der Waals surface area contributed by atoms with Crippen LogP contribution in [0.15, 0.2) is 59.8 Å². The number of hydrogen-bond acceptors (Lipinski definition) is 5. The van der Waals surface area contributed by atoms with E-state index >= 15 is 0 Å². The SMILES string of the molecule is CCC(c1nnc(SC(C)C(=O)c2ccc(C)cc2)n1Cc1ccccc1)N(C)C. The molecule has 0 N–H and O–H groups in total. The second-order valence-electron chi connectivity index (χ2n) is 7.79. The van der Waals surface area contributed by atoms with Crippen molar-refractivity contribution in [3.05, 3.63) is 77.1 Å². The van der Waals surface area contributed by atoms with E-state index in [0.29, 0.717) is 6.54 Å². The summed E-state index contributed by atoms with van der Waals surface area (Å²) < 4.78 is 2.16. The quantitative estimate of drug-likeness (QED) is 0.358. The lowest BCUT2D eigenvalue weighted by atomic mass is 10.1. The Morgan fingerprint density at radius 2 is 1.73 bits per heavy atom. The van der Waals surface area contributed by atoms with Gasteiger partial charge in [-0.15, -0.1) is 10.2 Å². The zero-order chi connectivity index (χ0) is 21.7. The molecule has 2 unspecified atom stereocenters. The molecule has 0 aliphatic carbocycles. The van der Waals surface area contributed by atoms with E-state index in [4.69, 9.17) is 0 Å². The van der Waals surface area contributed by atoms with Gasteiger partial charge >= 0.3 is 0 Å². The normalized spacial score (nSPS) is 13.4. The van der Waals surface area contributed by atoms with Gasteiger partial charge in [-0.3, -0.25) is 9.69 Å². The molecule has 2 aromatic carbocycles. The van der Waals surface area contributed by atoms with Gasteiger partial charge in [-0.2, -0.15) is 0 Å². The number of carbonyl (C=O) groups excluding carboxylic acids is 1. The van der Waals surface area contributed by atoms with Crippen molar-refractivity contribution >= 4 is 17.5 Å². The van der Waals surface area contributed by atoms with Gasteiger partial charge in [0, 0.05) is 5.56 Å². The third kappa shape index (κ3) is 5.18. The number of hydrogen-bond donors (Lipinski definition) is 0. The predicted molar refractivity (Wildman–Crippen MR) is 123 cm³/mol. The van der Waals surface area contributed by atoms with Gasteiger partial charge in [0.25, 0.3) is 0 Å². The van der Waals surface area contributed by atoms with Gasteiger partial charge in [-0.1, -0.05) is 78.8 Å². The number of Topliss-reactive ketones (excluding diaryl/α,β-unsaturated/α-hetero) is 1. The van der Waals surface area contributed by atoms with Crippen molar-refractivity contribution < 1.29 is 4.79 Å². The average Bonchev–Trinajstić information content (AvgIpc) is 3.11. The Kier molecular flexibility index (Phi) is 7.45. The second kappa shape index (κ2) is 10.0. The van der Waals surface area contributed by atoms with Crippen LogP contribution in [0, 0.1) is 6.92 Å². The molecule has 0 amide bonds. The van der Waals surface area contributed by atoms with E-state index in [-0.39, 0.29) is 17.1 Å². The van der Waals surface area contributed by atoms with Crippen molar-refractivity contribution in [1.82, 2.24) is 19.7 Å². The molecule has 158 valence electrons. The third-order valence-corrected chi connectivity index (χ3v) is 6.31. The monoisotopic (exact) mass is 422 g/mol. The van der Waals surface area contributed by atoms with Crippen molar-refractivity contribution in [2.75, 3.05) is 14.1 Å². The number of benzene rings is 2. The predicted octanol–water partition coefficient (Wildman–Crippen LogP) is 5.01. The highest BCUT2D eigenvalue weighted by atomic mass is 32.2. The number of aryl methyl sites for hydroxylation is 1. The molecule has 1 heterocycles. The van der Waals surface area contributed by atoms with E-state index < -0.39 is 0 Å². The molecule has 0 saturated heterocycles. The van der Waals surface area contributed by atoms with Gasteiger partial charge in [-0.05, 0) is 39.9 Å². The van der Waals surface area contributed by atoms with Crippen LogP contribution in [0.4, 0.5) is 0 Å². The molecule has 2 atom stereocenters. The van der Waals surface area contributed by atoms with Gasteiger partial charge in [0.2, 0.25) is 0 Å². The van der Waals surface area contributed by atoms with Crippen molar-refractivity contribution in [3.8, 4) is 0 Å². The minimum absolute atomic E-state index is 0.107. The van der Waals surface area contributed by atoms with Crippen LogP contribution in [-0.2, 0) is 6.54 Å². The largest absolute Gasteiger partial charge is 0.300 e.